The van der Waals surface area contributed by atoms with E-state index in [1.165, 1.54) is 18.3 Å². The summed E-state index contributed by atoms with van der Waals surface area (Å²) in [5.41, 5.74) is 3.17. The van der Waals surface area contributed by atoms with Gasteiger partial charge in [-0.2, -0.15) is 0 Å². The SMILES string of the molecule is NNC(Cc1cccc(Cl)c1F)c1ccncc1F. The first kappa shape index (κ1) is 13.9. The lowest BCUT2D eigenvalue weighted by Crippen LogP contribution is -2.30. The summed E-state index contributed by atoms with van der Waals surface area (Å²) in [6, 6.07) is 5.62. The zero-order valence-electron chi connectivity index (χ0n) is 9.91. The summed E-state index contributed by atoms with van der Waals surface area (Å²) in [5, 5.41) is 0.0310. The maximum atomic E-state index is 13.8. The molecule has 1 atom stereocenters. The van der Waals surface area contributed by atoms with Crippen LogP contribution < -0.4 is 11.3 Å². The molecule has 0 aliphatic heterocycles. The van der Waals surface area contributed by atoms with Gasteiger partial charge in [0.15, 0.2) is 0 Å². The molecule has 0 aliphatic rings. The van der Waals surface area contributed by atoms with Crippen molar-refractivity contribution >= 4 is 11.6 Å². The normalized spacial score (nSPS) is 12.4. The van der Waals surface area contributed by atoms with Crippen molar-refractivity contribution in [3.05, 3.63) is 64.4 Å². The van der Waals surface area contributed by atoms with Gasteiger partial charge in [0, 0.05) is 11.8 Å². The Balaban J connectivity index is 2.30. The third-order valence-corrected chi connectivity index (χ3v) is 3.13. The smallest absolute Gasteiger partial charge is 0.146 e. The van der Waals surface area contributed by atoms with Crippen molar-refractivity contribution in [3.8, 4) is 0 Å². The zero-order chi connectivity index (χ0) is 13.8. The summed E-state index contributed by atoms with van der Waals surface area (Å²) < 4.78 is 27.4. The lowest BCUT2D eigenvalue weighted by Gasteiger charge is -2.17. The van der Waals surface area contributed by atoms with Crippen molar-refractivity contribution in [2.45, 2.75) is 12.5 Å². The highest BCUT2D eigenvalue weighted by Crippen LogP contribution is 2.24. The largest absolute Gasteiger partial charge is 0.271 e. The van der Waals surface area contributed by atoms with Crippen LogP contribution in [0.3, 0.4) is 0 Å². The Kier molecular flexibility index (Phi) is 4.42. The second-order valence-electron chi connectivity index (χ2n) is 4.03. The molecule has 0 spiro atoms. The Bertz CT molecular complexity index is 578. The van der Waals surface area contributed by atoms with Crippen molar-refractivity contribution in [1.82, 2.24) is 10.4 Å². The topological polar surface area (TPSA) is 50.9 Å². The third kappa shape index (κ3) is 3.07. The molecule has 0 saturated heterocycles. The van der Waals surface area contributed by atoms with Crippen LogP contribution in [0.25, 0.3) is 0 Å². The average molecular weight is 284 g/mol. The van der Waals surface area contributed by atoms with E-state index in [9.17, 15) is 8.78 Å². The number of hydrazine groups is 1. The quantitative estimate of drug-likeness (QED) is 0.670. The Hall–Kier alpha value is -1.56. The molecule has 0 amide bonds. The summed E-state index contributed by atoms with van der Waals surface area (Å²) in [5.74, 6) is 4.41. The van der Waals surface area contributed by atoms with Crippen LogP contribution in [0.1, 0.15) is 17.2 Å². The van der Waals surface area contributed by atoms with Gasteiger partial charge in [-0.15, -0.1) is 0 Å². The summed E-state index contributed by atoms with van der Waals surface area (Å²) in [6.07, 6.45) is 2.73. The number of halogens is 3. The van der Waals surface area contributed by atoms with Gasteiger partial charge in [-0.05, 0) is 24.1 Å². The molecular formula is C13H12ClF2N3. The minimum atomic E-state index is -0.559. The van der Waals surface area contributed by atoms with Crippen LogP contribution in [0.4, 0.5) is 8.78 Å². The molecule has 0 radical (unpaired) electrons. The van der Waals surface area contributed by atoms with E-state index < -0.39 is 17.7 Å². The van der Waals surface area contributed by atoms with E-state index in [4.69, 9.17) is 17.4 Å². The van der Waals surface area contributed by atoms with Gasteiger partial charge in [0.2, 0.25) is 0 Å². The van der Waals surface area contributed by atoms with Gasteiger partial charge in [0.05, 0.1) is 17.3 Å². The first-order valence-corrected chi connectivity index (χ1v) is 5.99. The average Bonchev–Trinajstić information content (AvgIpc) is 2.41. The predicted octanol–water partition coefficient (Wildman–Crippen LogP) is 2.76. The summed E-state index contributed by atoms with van der Waals surface area (Å²) in [4.78, 5) is 3.66. The molecule has 2 rings (SSSR count). The summed E-state index contributed by atoms with van der Waals surface area (Å²) in [6.45, 7) is 0. The summed E-state index contributed by atoms with van der Waals surface area (Å²) in [7, 11) is 0. The fraction of sp³-hybridized carbons (Fsp3) is 0.154. The van der Waals surface area contributed by atoms with Crippen molar-refractivity contribution in [2.75, 3.05) is 0 Å². The highest BCUT2D eigenvalue weighted by molar-refractivity contribution is 6.30. The fourth-order valence-corrected chi connectivity index (χ4v) is 2.05. The Morgan fingerprint density at radius 2 is 2.11 bits per heavy atom. The monoisotopic (exact) mass is 283 g/mol. The van der Waals surface area contributed by atoms with Gasteiger partial charge >= 0.3 is 0 Å². The predicted molar refractivity (Wildman–Crippen MR) is 69.4 cm³/mol. The van der Waals surface area contributed by atoms with E-state index in [-0.39, 0.29) is 11.4 Å². The van der Waals surface area contributed by atoms with Gasteiger partial charge < -0.3 is 0 Å². The van der Waals surface area contributed by atoms with Gasteiger partial charge in [-0.1, -0.05) is 23.7 Å². The molecule has 1 unspecified atom stereocenters. The molecule has 1 aromatic heterocycles. The molecule has 100 valence electrons. The number of pyridine rings is 1. The number of nitrogens with one attached hydrogen (secondary N) is 1. The first-order valence-electron chi connectivity index (χ1n) is 5.62. The van der Waals surface area contributed by atoms with Crippen molar-refractivity contribution in [2.24, 2.45) is 5.84 Å². The maximum Gasteiger partial charge on any atom is 0.146 e. The number of rotatable bonds is 4. The molecule has 0 aliphatic carbocycles. The van der Waals surface area contributed by atoms with Crippen molar-refractivity contribution in [3.63, 3.8) is 0 Å². The molecular weight excluding hydrogens is 272 g/mol. The number of nitrogens with zero attached hydrogens (tertiary/aromatic N) is 1. The van der Waals surface area contributed by atoms with Crippen LogP contribution in [0.5, 0.6) is 0 Å². The minimum Gasteiger partial charge on any atom is -0.271 e. The second kappa shape index (κ2) is 6.06. The van der Waals surface area contributed by atoms with Crippen molar-refractivity contribution < 1.29 is 8.78 Å². The minimum absolute atomic E-state index is 0.0310. The summed E-state index contributed by atoms with van der Waals surface area (Å²) >= 11 is 5.71. The standard InChI is InChI=1S/C13H12ClF2N3/c14-10-3-1-2-8(13(10)16)6-12(19-17)9-4-5-18-7-11(9)15/h1-5,7,12,19H,6,17H2. The van der Waals surface area contributed by atoms with Crippen LogP contribution in [0, 0.1) is 11.6 Å². The van der Waals surface area contributed by atoms with Gasteiger partial charge in [0.25, 0.3) is 0 Å². The molecule has 1 heterocycles. The molecule has 0 bridgehead atoms. The molecule has 2 aromatic rings. The molecule has 1 aromatic carbocycles. The first-order chi connectivity index (χ1) is 9.13. The molecule has 3 N–H and O–H groups in total. The molecule has 0 fully saturated rings. The Labute approximate surface area is 114 Å². The Morgan fingerprint density at radius 3 is 2.79 bits per heavy atom. The third-order valence-electron chi connectivity index (χ3n) is 2.84. The van der Waals surface area contributed by atoms with E-state index >= 15 is 0 Å². The van der Waals surface area contributed by atoms with Crippen LogP contribution in [-0.4, -0.2) is 4.98 Å². The molecule has 19 heavy (non-hydrogen) atoms. The van der Waals surface area contributed by atoms with E-state index in [2.05, 4.69) is 10.4 Å². The van der Waals surface area contributed by atoms with E-state index in [1.807, 2.05) is 0 Å². The lowest BCUT2D eigenvalue weighted by atomic mass is 9.99. The lowest BCUT2D eigenvalue weighted by molar-refractivity contribution is 0.496. The number of hydrogen-bond acceptors (Lipinski definition) is 3. The van der Waals surface area contributed by atoms with Crippen LogP contribution in [0.15, 0.2) is 36.7 Å². The fourth-order valence-electron chi connectivity index (χ4n) is 1.85. The Morgan fingerprint density at radius 1 is 1.32 bits per heavy atom. The van der Waals surface area contributed by atoms with Crippen molar-refractivity contribution in [1.29, 1.82) is 0 Å². The van der Waals surface area contributed by atoms with E-state index in [0.717, 1.165) is 6.20 Å². The van der Waals surface area contributed by atoms with Gasteiger partial charge in [0.1, 0.15) is 11.6 Å². The molecule has 3 nitrogen and oxygen atoms in total. The molecule has 0 saturated carbocycles. The van der Waals surface area contributed by atoms with Crippen LogP contribution in [0.2, 0.25) is 5.02 Å². The number of aromatic nitrogens is 1. The van der Waals surface area contributed by atoms with Gasteiger partial charge in [-0.25, -0.2) is 8.78 Å². The number of nitrogens with two attached hydrogens (primary N) is 1. The van der Waals surface area contributed by atoms with Crippen LogP contribution >= 0.6 is 11.6 Å². The second-order valence-corrected chi connectivity index (χ2v) is 4.44. The highest BCUT2D eigenvalue weighted by Gasteiger charge is 2.17. The van der Waals surface area contributed by atoms with E-state index in [0.29, 0.717) is 11.1 Å². The number of benzene rings is 1. The highest BCUT2D eigenvalue weighted by atomic mass is 35.5. The van der Waals surface area contributed by atoms with Crippen LogP contribution in [-0.2, 0) is 6.42 Å². The van der Waals surface area contributed by atoms with E-state index in [1.54, 1.807) is 12.1 Å². The van der Waals surface area contributed by atoms with Gasteiger partial charge in [-0.3, -0.25) is 16.3 Å². The zero-order valence-corrected chi connectivity index (χ0v) is 10.7. The maximum absolute atomic E-state index is 13.8. The number of hydrogen-bond donors (Lipinski definition) is 2. The molecule has 6 heteroatoms.